The highest BCUT2D eigenvalue weighted by Crippen LogP contribution is 2.08. The number of methoxy groups -OCH3 is 1. The first-order chi connectivity index (χ1) is 6.76. The fraction of sp³-hybridized carbons (Fsp3) is 0.500. The number of ether oxygens (including phenoxy) is 1. The van der Waals surface area contributed by atoms with Gasteiger partial charge in [0.1, 0.15) is 0 Å². The predicted molar refractivity (Wildman–Crippen MR) is 57.2 cm³/mol. The van der Waals surface area contributed by atoms with Crippen molar-refractivity contribution in [2.24, 2.45) is 0 Å². The van der Waals surface area contributed by atoms with Crippen LogP contribution in [0, 0.1) is 0 Å². The highest BCUT2D eigenvalue weighted by Gasteiger charge is 2.02. The molecule has 2 nitrogen and oxygen atoms in total. The molecule has 1 unspecified atom stereocenters. The minimum Gasteiger partial charge on any atom is -0.393 e. The second-order valence-corrected chi connectivity index (χ2v) is 3.52. The van der Waals surface area contributed by atoms with Gasteiger partial charge >= 0.3 is 0 Å². The lowest BCUT2D eigenvalue weighted by atomic mass is 10.0. The first-order valence-corrected chi connectivity index (χ1v) is 5.01. The molecule has 1 atom stereocenters. The molecule has 0 aromatic heterocycles. The Balaban J connectivity index is 2.54. The number of aliphatic hydroxyl groups is 1. The molecule has 0 saturated carbocycles. The zero-order chi connectivity index (χ0) is 10.4. The Labute approximate surface area is 85.5 Å². The maximum Gasteiger partial charge on any atom is 0.0713 e. The van der Waals surface area contributed by atoms with Gasteiger partial charge in [-0.05, 0) is 24.0 Å². The van der Waals surface area contributed by atoms with E-state index < -0.39 is 0 Å². The zero-order valence-corrected chi connectivity index (χ0v) is 8.86. The Hall–Kier alpha value is -0.860. The minimum absolute atomic E-state index is 0.219. The molecule has 0 bridgehead atoms. The quantitative estimate of drug-likeness (QED) is 0.778. The summed E-state index contributed by atoms with van der Waals surface area (Å²) in [5, 5.41) is 9.46. The van der Waals surface area contributed by atoms with Crippen LogP contribution in [0.3, 0.4) is 0 Å². The van der Waals surface area contributed by atoms with Crippen LogP contribution in [-0.2, 0) is 17.8 Å². The molecule has 1 rings (SSSR count). The zero-order valence-electron chi connectivity index (χ0n) is 8.86. The maximum absolute atomic E-state index is 9.46. The summed E-state index contributed by atoms with van der Waals surface area (Å²) in [4.78, 5) is 0. The Morgan fingerprint density at radius 2 is 1.79 bits per heavy atom. The summed E-state index contributed by atoms with van der Waals surface area (Å²) in [6, 6.07) is 8.18. The van der Waals surface area contributed by atoms with E-state index in [1.807, 2.05) is 31.2 Å². The van der Waals surface area contributed by atoms with E-state index in [1.54, 1.807) is 7.11 Å². The number of benzene rings is 1. The van der Waals surface area contributed by atoms with E-state index in [2.05, 4.69) is 0 Å². The summed E-state index contributed by atoms with van der Waals surface area (Å²) < 4.78 is 5.02. The van der Waals surface area contributed by atoms with E-state index in [9.17, 15) is 5.11 Å². The van der Waals surface area contributed by atoms with Gasteiger partial charge in [0.15, 0.2) is 0 Å². The molecule has 0 saturated heterocycles. The lowest BCUT2D eigenvalue weighted by molar-refractivity contribution is 0.170. The van der Waals surface area contributed by atoms with Crippen LogP contribution < -0.4 is 0 Å². The van der Waals surface area contributed by atoms with Crippen molar-refractivity contribution in [2.75, 3.05) is 7.11 Å². The van der Waals surface area contributed by atoms with Crippen LogP contribution in [0.2, 0.25) is 0 Å². The topological polar surface area (TPSA) is 29.5 Å². The van der Waals surface area contributed by atoms with Crippen LogP contribution in [-0.4, -0.2) is 18.3 Å². The largest absolute Gasteiger partial charge is 0.393 e. The number of aliphatic hydroxyl groups excluding tert-OH is 1. The molecule has 1 N–H and O–H groups in total. The molecule has 1 aromatic rings. The third kappa shape index (κ3) is 3.48. The normalized spacial score (nSPS) is 12.8. The number of rotatable bonds is 5. The summed E-state index contributed by atoms with van der Waals surface area (Å²) >= 11 is 0. The van der Waals surface area contributed by atoms with Crippen molar-refractivity contribution in [1.29, 1.82) is 0 Å². The van der Waals surface area contributed by atoms with Crippen LogP contribution in [0.15, 0.2) is 24.3 Å². The molecule has 0 radical (unpaired) electrons. The van der Waals surface area contributed by atoms with Gasteiger partial charge in [-0.1, -0.05) is 31.2 Å². The summed E-state index contributed by atoms with van der Waals surface area (Å²) in [5.41, 5.74) is 2.35. The van der Waals surface area contributed by atoms with Gasteiger partial charge in [-0.3, -0.25) is 0 Å². The predicted octanol–water partition coefficient (Wildman–Crippen LogP) is 2.15. The van der Waals surface area contributed by atoms with E-state index in [4.69, 9.17) is 4.74 Å². The summed E-state index contributed by atoms with van der Waals surface area (Å²) in [6.45, 7) is 2.64. The molecule has 0 amide bonds. The van der Waals surface area contributed by atoms with Crippen LogP contribution in [0.1, 0.15) is 24.5 Å². The van der Waals surface area contributed by atoms with Gasteiger partial charge in [0.05, 0.1) is 12.7 Å². The van der Waals surface area contributed by atoms with E-state index in [1.165, 1.54) is 11.1 Å². The molecule has 0 heterocycles. The van der Waals surface area contributed by atoms with Gasteiger partial charge in [-0.2, -0.15) is 0 Å². The average molecular weight is 194 g/mol. The van der Waals surface area contributed by atoms with Crippen LogP contribution in [0.4, 0.5) is 0 Å². The number of hydrogen-bond donors (Lipinski definition) is 1. The molecular formula is C12H18O2. The first-order valence-electron chi connectivity index (χ1n) is 5.01. The van der Waals surface area contributed by atoms with E-state index in [-0.39, 0.29) is 6.10 Å². The molecule has 0 aliphatic heterocycles. The second-order valence-electron chi connectivity index (χ2n) is 3.52. The minimum atomic E-state index is -0.219. The highest BCUT2D eigenvalue weighted by molar-refractivity contribution is 5.22. The van der Waals surface area contributed by atoms with E-state index >= 15 is 0 Å². The van der Waals surface area contributed by atoms with Crippen molar-refractivity contribution in [2.45, 2.75) is 32.5 Å². The van der Waals surface area contributed by atoms with E-state index in [0.717, 1.165) is 12.8 Å². The third-order valence-corrected chi connectivity index (χ3v) is 2.28. The van der Waals surface area contributed by atoms with Crippen molar-refractivity contribution >= 4 is 0 Å². The van der Waals surface area contributed by atoms with Crippen molar-refractivity contribution in [3.05, 3.63) is 35.4 Å². The fourth-order valence-corrected chi connectivity index (χ4v) is 1.35. The highest BCUT2D eigenvalue weighted by atomic mass is 16.5. The summed E-state index contributed by atoms with van der Waals surface area (Å²) in [6.07, 6.45) is 1.33. The molecule has 0 spiro atoms. The average Bonchev–Trinajstić information content (AvgIpc) is 2.21. The Morgan fingerprint density at radius 1 is 1.21 bits per heavy atom. The van der Waals surface area contributed by atoms with E-state index in [0.29, 0.717) is 6.61 Å². The van der Waals surface area contributed by atoms with Gasteiger partial charge in [0, 0.05) is 7.11 Å². The van der Waals surface area contributed by atoms with Crippen LogP contribution in [0.5, 0.6) is 0 Å². The van der Waals surface area contributed by atoms with Gasteiger partial charge in [0.2, 0.25) is 0 Å². The van der Waals surface area contributed by atoms with Crippen molar-refractivity contribution in [3.8, 4) is 0 Å². The molecule has 14 heavy (non-hydrogen) atoms. The molecule has 1 aromatic carbocycles. The Morgan fingerprint density at radius 3 is 2.29 bits per heavy atom. The molecule has 0 aliphatic carbocycles. The lowest BCUT2D eigenvalue weighted by Gasteiger charge is -2.08. The van der Waals surface area contributed by atoms with Crippen molar-refractivity contribution < 1.29 is 9.84 Å². The van der Waals surface area contributed by atoms with Crippen molar-refractivity contribution in [3.63, 3.8) is 0 Å². The van der Waals surface area contributed by atoms with Crippen LogP contribution in [0.25, 0.3) is 0 Å². The third-order valence-electron chi connectivity index (χ3n) is 2.28. The van der Waals surface area contributed by atoms with Gasteiger partial charge in [-0.15, -0.1) is 0 Å². The maximum atomic E-state index is 9.46. The summed E-state index contributed by atoms with van der Waals surface area (Å²) in [5.74, 6) is 0. The summed E-state index contributed by atoms with van der Waals surface area (Å²) in [7, 11) is 1.69. The monoisotopic (exact) mass is 194 g/mol. The standard InChI is InChI=1S/C12H18O2/c1-3-12(13)8-10-4-6-11(7-5-10)9-14-2/h4-7,12-13H,3,8-9H2,1-2H3. The number of hydrogen-bond acceptors (Lipinski definition) is 2. The molecule has 0 fully saturated rings. The Kier molecular flexibility index (Phi) is 4.63. The molecular weight excluding hydrogens is 176 g/mol. The van der Waals surface area contributed by atoms with Crippen LogP contribution >= 0.6 is 0 Å². The Bertz CT molecular complexity index is 254. The fourth-order valence-electron chi connectivity index (χ4n) is 1.35. The molecule has 0 aliphatic rings. The molecule has 78 valence electrons. The smallest absolute Gasteiger partial charge is 0.0713 e. The second kappa shape index (κ2) is 5.78. The van der Waals surface area contributed by atoms with Crippen molar-refractivity contribution in [1.82, 2.24) is 0 Å². The lowest BCUT2D eigenvalue weighted by Crippen LogP contribution is -2.08. The first kappa shape index (κ1) is 11.2. The van der Waals surface area contributed by atoms with Gasteiger partial charge in [0.25, 0.3) is 0 Å². The molecule has 2 heteroatoms. The van der Waals surface area contributed by atoms with Gasteiger partial charge < -0.3 is 9.84 Å². The van der Waals surface area contributed by atoms with Gasteiger partial charge in [-0.25, -0.2) is 0 Å². The SMILES string of the molecule is CCC(O)Cc1ccc(COC)cc1.